The van der Waals surface area contributed by atoms with Gasteiger partial charge in [0.25, 0.3) is 5.56 Å². The smallest absolute Gasteiger partial charge is 0.271 e. The first-order valence-corrected chi connectivity index (χ1v) is 8.03. The number of hydrogen-bond donors (Lipinski definition) is 1. The Hall–Kier alpha value is -2.62. The standard InChI is InChI=1S/C18H18ClN3O3/c1-12-13(10-20)17(23)22(8-5-9-25-2)18(24)14(12)11-21-16-7-4-3-6-15(16)19/h3-4,6-7,11,24H,5,8-9H2,1-2H3. The fraction of sp³-hybridized carbons (Fsp3) is 0.278. The quantitative estimate of drug-likeness (QED) is 0.633. The van der Waals surface area contributed by atoms with Crippen LogP contribution in [0.25, 0.3) is 0 Å². The highest BCUT2D eigenvalue weighted by Gasteiger charge is 2.17. The Morgan fingerprint density at radius 1 is 1.44 bits per heavy atom. The number of nitriles is 1. The molecule has 0 atom stereocenters. The van der Waals surface area contributed by atoms with Gasteiger partial charge in [-0.05, 0) is 31.0 Å². The van der Waals surface area contributed by atoms with Crippen molar-refractivity contribution in [3.63, 3.8) is 0 Å². The van der Waals surface area contributed by atoms with Crippen LogP contribution in [0.2, 0.25) is 5.02 Å². The molecule has 0 bridgehead atoms. The molecule has 0 aliphatic rings. The summed E-state index contributed by atoms with van der Waals surface area (Å²) in [6.07, 6.45) is 1.94. The molecule has 0 amide bonds. The van der Waals surface area contributed by atoms with E-state index in [1.807, 2.05) is 6.07 Å². The van der Waals surface area contributed by atoms with Crippen LogP contribution >= 0.6 is 11.6 Å². The summed E-state index contributed by atoms with van der Waals surface area (Å²) >= 11 is 6.07. The van der Waals surface area contributed by atoms with Crippen molar-refractivity contribution in [2.24, 2.45) is 4.99 Å². The van der Waals surface area contributed by atoms with E-state index in [-0.39, 0.29) is 18.0 Å². The topological polar surface area (TPSA) is 87.6 Å². The van der Waals surface area contributed by atoms with Crippen LogP contribution in [0.15, 0.2) is 34.1 Å². The van der Waals surface area contributed by atoms with Gasteiger partial charge in [-0.2, -0.15) is 5.26 Å². The fourth-order valence-corrected chi connectivity index (χ4v) is 2.58. The number of pyridine rings is 1. The Morgan fingerprint density at radius 3 is 2.80 bits per heavy atom. The van der Waals surface area contributed by atoms with Gasteiger partial charge >= 0.3 is 0 Å². The molecule has 6 nitrogen and oxygen atoms in total. The molecule has 0 fully saturated rings. The zero-order valence-corrected chi connectivity index (χ0v) is 14.7. The molecule has 7 heteroatoms. The molecule has 0 saturated heterocycles. The van der Waals surface area contributed by atoms with E-state index in [9.17, 15) is 15.2 Å². The van der Waals surface area contributed by atoms with Crippen molar-refractivity contribution < 1.29 is 9.84 Å². The van der Waals surface area contributed by atoms with Crippen LogP contribution in [0.3, 0.4) is 0 Å². The van der Waals surface area contributed by atoms with E-state index in [1.54, 1.807) is 38.3 Å². The van der Waals surface area contributed by atoms with Crippen LogP contribution < -0.4 is 5.56 Å². The molecule has 0 spiro atoms. The summed E-state index contributed by atoms with van der Waals surface area (Å²) in [5.41, 5.74) is 0.676. The van der Waals surface area contributed by atoms with E-state index in [0.717, 1.165) is 0 Å². The van der Waals surface area contributed by atoms with Crippen molar-refractivity contribution in [2.45, 2.75) is 19.9 Å². The number of para-hydroxylation sites is 1. The minimum Gasteiger partial charge on any atom is -0.494 e. The number of hydrogen-bond acceptors (Lipinski definition) is 5. The van der Waals surface area contributed by atoms with Crippen LogP contribution in [0.4, 0.5) is 5.69 Å². The minimum atomic E-state index is -0.525. The first kappa shape index (κ1) is 18.7. The highest BCUT2D eigenvalue weighted by Crippen LogP contribution is 2.25. The Morgan fingerprint density at radius 2 is 2.16 bits per heavy atom. The molecule has 2 aromatic rings. The number of nitrogens with zero attached hydrogens (tertiary/aromatic N) is 3. The van der Waals surface area contributed by atoms with Crippen molar-refractivity contribution in [1.29, 1.82) is 5.26 Å². The normalized spacial score (nSPS) is 11.0. The predicted octanol–water partition coefficient (Wildman–Crippen LogP) is 3.17. The summed E-state index contributed by atoms with van der Waals surface area (Å²) in [7, 11) is 1.56. The second-order valence-corrected chi connectivity index (χ2v) is 5.77. The summed E-state index contributed by atoms with van der Waals surface area (Å²) in [6, 6.07) is 8.91. The van der Waals surface area contributed by atoms with Crippen LogP contribution in [0.5, 0.6) is 5.88 Å². The van der Waals surface area contributed by atoms with Crippen LogP contribution in [-0.2, 0) is 11.3 Å². The lowest BCUT2D eigenvalue weighted by Gasteiger charge is -2.13. The molecule has 1 aromatic carbocycles. The van der Waals surface area contributed by atoms with Gasteiger partial charge in [0.15, 0.2) is 0 Å². The maximum Gasteiger partial charge on any atom is 0.271 e. The third-order valence-corrected chi connectivity index (χ3v) is 4.08. The molecule has 1 aromatic heterocycles. The van der Waals surface area contributed by atoms with Crippen LogP contribution in [0.1, 0.15) is 23.1 Å². The highest BCUT2D eigenvalue weighted by molar-refractivity contribution is 6.33. The molecule has 1 heterocycles. The van der Waals surface area contributed by atoms with Gasteiger partial charge in [0.2, 0.25) is 5.88 Å². The average Bonchev–Trinajstić information content (AvgIpc) is 2.59. The van der Waals surface area contributed by atoms with Gasteiger partial charge < -0.3 is 9.84 Å². The Bertz CT molecular complexity index is 898. The number of benzene rings is 1. The summed E-state index contributed by atoms with van der Waals surface area (Å²) in [4.78, 5) is 16.7. The van der Waals surface area contributed by atoms with Gasteiger partial charge in [-0.1, -0.05) is 23.7 Å². The van der Waals surface area contributed by atoms with Gasteiger partial charge in [-0.15, -0.1) is 0 Å². The zero-order chi connectivity index (χ0) is 18.4. The molecule has 130 valence electrons. The largest absolute Gasteiger partial charge is 0.494 e. The molecule has 0 saturated carbocycles. The van der Waals surface area contributed by atoms with E-state index in [2.05, 4.69) is 4.99 Å². The number of methoxy groups -OCH3 is 1. The molecule has 0 radical (unpaired) electrons. The maximum atomic E-state index is 12.4. The monoisotopic (exact) mass is 359 g/mol. The van der Waals surface area contributed by atoms with Gasteiger partial charge in [-0.3, -0.25) is 14.4 Å². The minimum absolute atomic E-state index is 0.0178. The Kier molecular flexibility index (Phi) is 6.34. The fourth-order valence-electron chi connectivity index (χ4n) is 2.39. The lowest BCUT2D eigenvalue weighted by Crippen LogP contribution is -2.26. The maximum absolute atomic E-state index is 12.4. The number of aromatic hydroxyl groups is 1. The molecular weight excluding hydrogens is 342 g/mol. The number of aliphatic imine (C=N–C) groups is 1. The lowest BCUT2D eigenvalue weighted by molar-refractivity contribution is 0.188. The third kappa shape index (κ3) is 4.08. The van der Waals surface area contributed by atoms with Gasteiger partial charge in [0.05, 0.1) is 16.3 Å². The number of rotatable bonds is 6. The van der Waals surface area contributed by atoms with Crippen molar-refractivity contribution in [3.05, 3.63) is 56.3 Å². The predicted molar refractivity (Wildman–Crippen MR) is 97.0 cm³/mol. The molecule has 0 aliphatic carbocycles. The van der Waals surface area contributed by atoms with E-state index < -0.39 is 5.56 Å². The van der Waals surface area contributed by atoms with Crippen molar-refractivity contribution in [1.82, 2.24) is 4.57 Å². The van der Waals surface area contributed by atoms with Gasteiger partial charge in [0, 0.05) is 26.5 Å². The summed E-state index contributed by atoms with van der Waals surface area (Å²) in [5.74, 6) is -0.228. The van der Waals surface area contributed by atoms with Gasteiger partial charge in [0.1, 0.15) is 11.6 Å². The highest BCUT2D eigenvalue weighted by atomic mass is 35.5. The molecule has 0 aliphatic heterocycles. The summed E-state index contributed by atoms with van der Waals surface area (Å²) in [6.45, 7) is 2.28. The van der Waals surface area contributed by atoms with Gasteiger partial charge in [-0.25, -0.2) is 0 Å². The van der Waals surface area contributed by atoms with Crippen LogP contribution in [-0.4, -0.2) is 29.6 Å². The number of halogens is 1. The summed E-state index contributed by atoms with van der Waals surface area (Å²) < 4.78 is 6.13. The van der Waals surface area contributed by atoms with E-state index in [0.29, 0.717) is 34.9 Å². The second-order valence-electron chi connectivity index (χ2n) is 5.36. The number of ether oxygens (including phenoxy) is 1. The summed E-state index contributed by atoms with van der Waals surface area (Å²) in [5, 5.41) is 20.3. The van der Waals surface area contributed by atoms with Crippen molar-refractivity contribution in [2.75, 3.05) is 13.7 Å². The van der Waals surface area contributed by atoms with E-state index in [4.69, 9.17) is 16.3 Å². The molecule has 1 N–H and O–H groups in total. The van der Waals surface area contributed by atoms with E-state index >= 15 is 0 Å². The van der Waals surface area contributed by atoms with E-state index in [1.165, 1.54) is 10.8 Å². The SMILES string of the molecule is COCCCn1c(O)c(C=Nc2ccccc2Cl)c(C)c(C#N)c1=O. The van der Waals surface area contributed by atoms with Crippen molar-refractivity contribution >= 4 is 23.5 Å². The lowest BCUT2D eigenvalue weighted by atomic mass is 10.1. The second kappa shape index (κ2) is 8.47. The third-order valence-electron chi connectivity index (χ3n) is 3.76. The molecule has 25 heavy (non-hydrogen) atoms. The Balaban J connectivity index is 2.53. The average molecular weight is 360 g/mol. The Labute approximate surface area is 150 Å². The van der Waals surface area contributed by atoms with Crippen molar-refractivity contribution in [3.8, 4) is 11.9 Å². The number of aromatic nitrogens is 1. The first-order valence-electron chi connectivity index (χ1n) is 7.65. The van der Waals surface area contributed by atoms with Crippen LogP contribution in [0, 0.1) is 18.3 Å². The zero-order valence-electron chi connectivity index (χ0n) is 14.0. The molecule has 0 unspecified atom stereocenters. The first-order chi connectivity index (χ1) is 12.0. The molecular formula is C18H18ClN3O3. The molecule has 2 rings (SSSR count).